The summed E-state index contributed by atoms with van der Waals surface area (Å²) >= 11 is 7.86. The number of ether oxygens (including phenoxy) is 1. The van der Waals surface area contributed by atoms with E-state index in [1.165, 1.54) is 12.0 Å². The molecule has 0 aliphatic carbocycles. The quantitative estimate of drug-likeness (QED) is 0.464. The third-order valence-corrected chi connectivity index (χ3v) is 8.55. The van der Waals surface area contributed by atoms with Gasteiger partial charge in [0.05, 0.1) is 25.2 Å². The SMILES string of the molecule is COC(=O)C1CCN(C(=O)C[C@@H]2N=C(c3ccc(Cl)cc3)c3c(sc(C)c3C)-n3c(C)nnc32)CC1. The smallest absolute Gasteiger partial charge is 0.308 e. The van der Waals surface area contributed by atoms with Crippen LogP contribution in [-0.2, 0) is 14.3 Å². The molecule has 0 unspecified atom stereocenters. The van der Waals surface area contributed by atoms with Gasteiger partial charge in [0.25, 0.3) is 0 Å². The zero-order chi connectivity index (χ0) is 25.6. The third-order valence-electron chi connectivity index (χ3n) is 7.11. The van der Waals surface area contributed by atoms with Crippen LogP contribution in [-0.4, -0.2) is 57.5 Å². The van der Waals surface area contributed by atoms with Crippen LogP contribution >= 0.6 is 22.9 Å². The molecule has 2 aliphatic heterocycles. The first kappa shape index (κ1) is 24.6. The highest BCUT2D eigenvalue weighted by Gasteiger charge is 2.34. The van der Waals surface area contributed by atoms with Gasteiger partial charge in [-0.25, -0.2) is 0 Å². The van der Waals surface area contributed by atoms with Gasteiger partial charge in [0.1, 0.15) is 16.9 Å². The van der Waals surface area contributed by atoms with Crippen molar-refractivity contribution >= 4 is 40.5 Å². The summed E-state index contributed by atoms with van der Waals surface area (Å²) in [6, 6.07) is 7.15. The minimum absolute atomic E-state index is 0.00659. The summed E-state index contributed by atoms with van der Waals surface area (Å²) in [7, 11) is 1.41. The van der Waals surface area contributed by atoms with Gasteiger partial charge in [-0.3, -0.25) is 19.1 Å². The number of benzene rings is 1. The highest BCUT2D eigenvalue weighted by Crippen LogP contribution is 2.39. The zero-order valence-electron chi connectivity index (χ0n) is 20.7. The lowest BCUT2D eigenvalue weighted by atomic mass is 9.96. The number of aromatic nitrogens is 3. The summed E-state index contributed by atoms with van der Waals surface area (Å²) in [6.45, 7) is 7.18. The van der Waals surface area contributed by atoms with Crippen LogP contribution in [0.2, 0.25) is 5.02 Å². The molecule has 1 saturated heterocycles. The van der Waals surface area contributed by atoms with Crippen LogP contribution in [0, 0.1) is 26.7 Å². The molecule has 0 spiro atoms. The summed E-state index contributed by atoms with van der Waals surface area (Å²) in [6.07, 6.45) is 1.38. The van der Waals surface area contributed by atoms with Gasteiger partial charge in [-0.2, -0.15) is 0 Å². The number of rotatable bonds is 4. The number of hydrogen-bond donors (Lipinski definition) is 0. The maximum Gasteiger partial charge on any atom is 0.308 e. The van der Waals surface area contributed by atoms with Gasteiger partial charge in [0.2, 0.25) is 5.91 Å². The Kier molecular flexibility index (Phi) is 6.70. The number of aliphatic imine (C=N–C) groups is 1. The molecule has 1 aromatic carbocycles. The number of hydrogen-bond acceptors (Lipinski definition) is 7. The maximum absolute atomic E-state index is 13.4. The van der Waals surface area contributed by atoms with Crippen LogP contribution < -0.4 is 0 Å². The van der Waals surface area contributed by atoms with Crippen LogP contribution in [0.5, 0.6) is 0 Å². The molecule has 0 saturated carbocycles. The zero-order valence-corrected chi connectivity index (χ0v) is 22.3. The molecule has 8 nitrogen and oxygen atoms in total. The number of carbonyl (C=O) groups is 2. The predicted molar refractivity (Wildman–Crippen MR) is 139 cm³/mol. The minimum atomic E-state index is -0.498. The number of likely N-dealkylation sites (tertiary alicyclic amines) is 1. The van der Waals surface area contributed by atoms with E-state index >= 15 is 0 Å². The van der Waals surface area contributed by atoms with Crippen molar-refractivity contribution in [2.45, 2.75) is 46.1 Å². The normalized spacial score (nSPS) is 17.8. The fourth-order valence-corrected chi connectivity index (χ4v) is 6.30. The largest absolute Gasteiger partial charge is 0.469 e. The van der Waals surface area contributed by atoms with Crippen molar-refractivity contribution in [3.8, 4) is 5.00 Å². The van der Waals surface area contributed by atoms with Gasteiger partial charge in [-0.15, -0.1) is 21.5 Å². The topological polar surface area (TPSA) is 89.7 Å². The number of fused-ring (bicyclic) bond motifs is 3. The van der Waals surface area contributed by atoms with Crippen molar-refractivity contribution in [3.05, 3.63) is 62.5 Å². The Morgan fingerprint density at radius 1 is 1.11 bits per heavy atom. The standard InChI is InChI=1S/C26H28ClN5O3S/c1-14-15(2)36-25-22(14)23(17-5-7-19(27)8-6-17)28-20(24-30-29-16(3)32(24)25)13-21(33)31-11-9-18(10-12-31)26(34)35-4/h5-8,18,20H,9-13H2,1-4H3/t20-/m0/s1. The summed E-state index contributed by atoms with van der Waals surface area (Å²) in [4.78, 5) is 33.5. The monoisotopic (exact) mass is 525 g/mol. The van der Waals surface area contributed by atoms with E-state index in [-0.39, 0.29) is 24.2 Å². The second-order valence-electron chi connectivity index (χ2n) is 9.29. The predicted octanol–water partition coefficient (Wildman–Crippen LogP) is 4.60. The summed E-state index contributed by atoms with van der Waals surface area (Å²) < 4.78 is 6.93. The van der Waals surface area contributed by atoms with Crippen LogP contribution in [0.4, 0.5) is 0 Å². The van der Waals surface area contributed by atoms with E-state index < -0.39 is 6.04 Å². The lowest BCUT2D eigenvalue weighted by Crippen LogP contribution is -2.41. The van der Waals surface area contributed by atoms with Crippen molar-refractivity contribution in [1.29, 1.82) is 0 Å². The van der Waals surface area contributed by atoms with Gasteiger partial charge in [0.15, 0.2) is 5.82 Å². The van der Waals surface area contributed by atoms with E-state index in [0.717, 1.165) is 33.2 Å². The number of piperidine rings is 1. The Morgan fingerprint density at radius 3 is 2.47 bits per heavy atom. The number of aryl methyl sites for hydroxylation is 2. The van der Waals surface area contributed by atoms with Crippen molar-refractivity contribution in [2.75, 3.05) is 20.2 Å². The highest BCUT2D eigenvalue weighted by molar-refractivity contribution is 7.15. The van der Waals surface area contributed by atoms with Crippen molar-refractivity contribution in [3.63, 3.8) is 0 Å². The minimum Gasteiger partial charge on any atom is -0.469 e. The van der Waals surface area contributed by atoms with Gasteiger partial charge in [0, 0.05) is 34.1 Å². The first-order chi connectivity index (χ1) is 17.3. The molecular weight excluding hydrogens is 498 g/mol. The average molecular weight is 526 g/mol. The van der Waals surface area contributed by atoms with Crippen molar-refractivity contribution in [2.24, 2.45) is 10.9 Å². The number of carbonyl (C=O) groups excluding carboxylic acids is 2. The van der Waals surface area contributed by atoms with Crippen LogP contribution in [0.25, 0.3) is 5.00 Å². The van der Waals surface area contributed by atoms with Gasteiger partial charge >= 0.3 is 5.97 Å². The second-order valence-corrected chi connectivity index (χ2v) is 10.9. The van der Waals surface area contributed by atoms with E-state index in [1.54, 1.807) is 11.3 Å². The fourth-order valence-electron chi connectivity index (χ4n) is 4.96. The lowest BCUT2D eigenvalue weighted by molar-refractivity contribution is -0.149. The number of amides is 1. The van der Waals surface area contributed by atoms with E-state index in [9.17, 15) is 9.59 Å². The van der Waals surface area contributed by atoms with Gasteiger partial charge in [-0.1, -0.05) is 23.7 Å². The molecule has 0 radical (unpaired) electrons. The third kappa shape index (κ3) is 4.35. The number of methoxy groups -OCH3 is 1. The Morgan fingerprint density at radius 2 is 1.81 bits per heavy atom. The average Bonchev–Trinajstić information content (AvgIpc) is 3.36. The molecule has 5 rings (SSSR count). The molecule has 1 amide bonds. The summed E-state index contributed by atoms with van der Waals surface area (Å²) in [5.74, 6) is 1.06. The van der Waals surface area contributed by atoms with E-state index in [2.05, 4.69) is 24.0 Å². The Labute approximate surface area is 219 Å². The Balaban J connectivity index is 1.53. The molecule has 4 heterocycles. The number of thiophene rings is 1. The summed E-state index contributed by atoms with van der Waals surface area (Å²) in [5.41, 5.74) is 3.96. The molecular formula is C26H28ClN5O3S. The molecule has 1 atom stereocenters. The molecule has 36 heavy (non-hydrogen) atoms. The second kappa shape index (κ2) is 9.78. The van der Waals surface area contributed by atoms with Crippen LogP contribution in [0.15, 0.2) is 29.3 Å². The molecule has 0 N–H and O–H groups in total. The number of halogens is 1. The Hall–Kier alpha value is -3.04. The molecule has 10 heteroatoms. The molecule has 2 aromatic heterocycles. The van der Waals surface area contributed by atoms with Crippen LogP contribution in [0.1, 0.15) is 58.5 Å². The molecule has 0 bridgehead atoms. The summed E-state index contributed by atoms with van der Waals surface area (Å²) in [5, 5.41) is 10.5. The lowest BCUT2D eigenvalue weighted by Gasteiger charge is -2.31. The van der Waals surface area contributed by atoms with Crippen LogP contribution in [0.3, 0.4) is 0 Å². The Bertz CT molecular complexity index is 1350. The highest BCUT2D eigenvalue weighted by atomic mass is 35.5. The van der Waals surface area contributed by atoms with Crippen molar-refractivity contribution in [1.82, 2.24) is 19.7 Å². The number of nitrogens with zero attached hydrogens (tertiary/aromatic N) is 5. The molecule has 188 valence electrons. The van der Waals surface area contributed by atoms with E-state index in [0.29, 0.717) is 36.8 Å². The first-order valence-electron chi connectivity index (χ1n) is 12.0. The van der Waals surface area contributed by atoms with Crippen molar-refractivity contribution < 1.29 is 14.3 Å². The first-order valence-corrected chi connectivity index (χ1v) is 13.2. The molecule has 1 fully saturated rings. The van der Waals surface area contributed by atoms with E-state index in [1.807, 2.05) is 40.7 Å². The molecule has 2 aliphatic rings. The maximum atomic E-state index is 13.4. The van der Waals surface area contributed by atoms with Gasteiger partial charge in [-0.05, 0) is 51.3 Å². The number of esters is 1. The van der Waals surface area contributed by atoms with E-state index in [4.69, 9.17) is 21.3 Å². The fraction of sp³-hybridized carbons (Fsp3) is 0.423. The molecule has 3 aromatic rings. The van der Waals surface area contributed by atoms with Gasteiger partial charge < -0.3 is 9.64 Å².